The molecule has 0 radical (unpaired) electrons. The molecule has 1 aliphatic rings. The molecule has 0 aliphatic heterocycles. The fraction of sp³-hybridized carbons (Fsp3) is 0.478. The summed E-state index contributed by atoms with van der Waals surface area (Å²) < 4.78 is 33.9. The average Bonchev–Trinajstić information content (AvgIpc) is 3.49. The average molecular weight is 462 g/mol. The van der Waals surface area contributed by atoms with Gasteiger partial charge in [0.25, 0.3) is 15.9 Å². The number of hydrogen-bond acceptors (Lipinski definition) is 7. The Hall–Kier alpha value is -2.65. The summed E-state index contributed by atoms with van der Waals surface area (Å²) in [5.74, 6) is 0.617. The minimum atomic E-state index is -4.19. The van der Waals surface area contributed by atoms with Crippen LogP contribution in [0, 0.1) is 12.8 Å². The van der Waals surface area contributed by atoms with E-state index in [1.54, 1.807) is 13.0 Å². The predicted octanol–water partition coefficient (Wildman–Crippen LogP) is 2.80. The standard InChI is InChI=1S/C23H31N3O5S/c1-15(2)12-18-9-8-16(3)13-19(18)31-23(10-11-23)22(28)26-32(29,30)21-7-5-6-20(25-21)24-14-17(4)27/h5-9,13,15,17,27H,10-12,14H2,1-4H3,(H,24,25)(H,26,28). The highest BCUT2D eigenvalue weighted by atomic mass is 32.2. The largest absolute Gasteiger partial charge is 0.477 e. The van der Waals surface area contributed by atoms with Crippen molar-refractivity contribution in [2.24, 2.45) is 5.92 Å². The first-order chi connectivity index (χ1) is 15.0. The summed E-state index contributed by atoms with van der Waals surface area (Å²) in [6.45, 7) is 7.97. The molecule has 1 aromatic heterocycles. The van der Waals surface area contributed by atoms with E-state index in [9.17, 15) is 18.3 Å². The van der Waals surface area contributed by atoms with Crippen molar-refractivity contribution in [3.8, 4) is 5.75 Å². The van der Waals surface area contributed by atoms with Gasteiger partial charge in [-0.25, -0.2) is 9.71 Å². The molecule has 0 spiro atoms. The fourth-order valence-corrected chi connectivity index (χ4v) is 4.26. The van der Waals surface area contributed by atoms with Gasteiger partial charge in [0, 0.05) is 19.4 Å². The second-order valence-corrected chi connectivity index (χ2v) is 10.5. The number of benzene rings is 1. The summed E-state index contributed by atoms with van der Waals surface area (Å²) in [6, 6.07) is 10.3. The lowest BCUT2D eigenvalue weighted by molar-refractivity contribution is -0.127. The first-order valence-electron chi connectivity index (χ1n) is 10.8. The van der Waals surface area contributed by atoms with Crippen molar-refractivity contribution in [3.63, 3.8) is 0 Å². The van der Waals surface area contributed by atoms with E-state index >= 15 is 0 Å². The SMILES string of the molecule is Cc1ccc(CC(C)C)c(OC2(C(=O)NS(=O)(=O)c3cccc(NCC(C)O)n3)CC2)c1. The minimum Gasteiger partial charge on any atom is -0.477 e. The van der Waals surface area contributed by atoms with Crippen LogP contribution in [0.4, 0.5) is 5.82 Å². The number of ether oxygens (including phenoxy) is 1. The van der Waals surface area contributed by atoms with E-state index in [0.29, 0.717) is 24.5 Å². The van der Waals surface area contributed by atoms with Gasteiger partial charge in [-0.3, -0.25) is 4.79 Å². The van der Waals surface area contributed by atoms with Crippen molar-refractivity contribution >= 4 is 21.7 Å². The van der Waals surface area contributed by atoms with Crippen molar-refractivity contribution < 1.29 is 23.1 Å². The summed E-state index contributed by atoms with van der Waals surface area (Å²) in [5.41, 5.74) is 0.794. The smallest absolute Gasteiger partial charge is 0.281 e. The van der Waals surface area contributed by atoms with Gasteiger partial charge in [0.1, 0.15) is 11.6 Å². The van der Waals surface area contributed by atoms with Gasteiger partial charge in [0.15, 0.2) is 10.6 Å². The van der Waals surface area contributed by atoms with Crippen LogP contribution in [0.15, 0.2) is 41.4 Å². The predicted molar refractivity (Wildman–Crippen MR) is 122 cm³/mol. The third-order valence-electron chi connectivity index (χ3n) is 5.08. The maximum Gasteiger partial charge on any atom is 0.281 e. The van der Waals surface area contributed by atoms with Crippen LogP contribution >= 0.6 is 0 Å². The van der Waals surface area contributed by atoms with Crippen LogP contribution in [0.3, 0.4) is 0 Å². The molecule has 1 amide bonds. The number of aryl methyl sites for hydroxylation is 1. The molecule has 1 atom stereocenters. The number of hydrogen-bond donors (Lipinski definition) is 3. The molecule has 1 aromatic carbocycles. The van der Waals surface area contributed by atoms with Gasteiger partial charge in [-0.15, -0.1) is 0 Å². The Morgan fingerprint density at radius 3 is 2.56 bits per heavy atom. The third-order valence-corrected chi connectivity index (χ3v) is 6.31. The number of aliphatic hydroxyl groups excluding tert-OH is 1. The van der Waals surface area contributed by atoms with E-state index in [2.05, 4.69) is 28.9 Å². The molecule has 1 aliphatic carbocycles. The molecular formula is C23H31N3O5S. The summed E-state index contributed by atoms with van der Waals surface area (Å²) in [7, 11) is -4.19. The Balaban J connectivity index is 1.76. The highest BCUT2D eigenvalue weighted by Gasteiger charge is 2.54. The summed E-state index contributed by atoms with van der Waals surface area (Å²) in [4.78, 5) is 17.0. The number of sulfonamides is 1. The number of carbonyl (C=O) groups excluding carboxylic acids is 1. The number of nitrogens with one attached hydrogen (secondary N) is 2. The van der Waals surface area contributed by atoms with Crippen LogP contribution in [0.1, 0.15) is 44.7 Å². The number of pyridine rings is 1. The molecule has 1 unspecified atom stereocenters. The third kappa shape index (κ3) is 5.98. The number of aromatic nitrogens is 1. The molecule has 3 rings (SSSR count). The Kier molecular flexibility index (Phi) is 7.09. The van der Waals surface area contributed by atoms with Crippen LogP contribution in [-0.2, 0) is 21.2 Å². The quantitative estimate of drug-likeness (QED) is 0.498. The number of anilines is 1. The second-order valence-electron chi connectivity index (χ2n) is 8.83. The summed E-state index contributed by atoms with van der Waals surface area (Å²) >= 11 is 0. The zero-order valence-electron chi connectivity index (χ0n) is 18.9. The van der Waals surface area contributed by atoms with E-state index in [-0.39, 0.29) is 17.4 Å². The van der Waals surface area contributed by atoms with E-state index in [1.807, 2.05) is 25.1 Å². The minimum absolute atomic E-state index is 0.217. The van der Waals surface area contributed by atoms with Crippen molar-refractivity contribution in [1.82, 2.24) is 9.71 Å². The molecule has 3 N–H and O–H groups in total. The van der Waals surface area contributed by atoms with E-state index < -0.39 is 27.6 Å². The molecular weight excluding hydrogens is 430 g/mol. The summed E-state index contributed by atoms with van der Waals surface area (Å²) in [5, 5.41) is 11.9. The number of nitrogens with zero attached hydrogens (tertiary/aromatic N) is 1. The van der Waals surface area contributed by atoms with E-state index in [0.717, 1.165) is 17.5 Å². The maximum atomic E-state index is 12.9. The number of amides is 1. The van der Waals surface area contributed by atoms with E-state index in [1.165, 1.54) is 12.1 Å². The van der Waals surface area contributed by atoms with Gasteiger partial charge >= 0.3 is 0 Å². The topological polar surface area (TPSA) is 118 Å². The van der Waals surface area contributed by atoms with Gasteiger partial charge in [-0.05, 0) is 55.5 Å². The monoisotopic (exact) mass is 461 g/mol. The lowest BCUT2D eigenvalue weighted by Crippen LogP contribution is -2.43. The molecule has 32 heavy (non-hydrogen) atoms. The first kappa shape index (κ1) is 24.0. The van der Waals surface area contributed by atoms with Crippen LogP contribution in [0.2, 0.25) is 0 Å². The Labute approximate surface area is 189 Å². The van der Waals surface area contributed by atoms with Crippen molar-refractivity contribution in [1.29, 1.82) is 0 Å². The summed E-state index contributed by atoms with van der Waals surface area (Å²) in [6.07, 6.45) is 1.05. The Bertz CT molecular complexity index is 1080. The Morgan fingerprint density at radius 2 is 1.94 bits per heavy atom. The first-order valence-corrected chi connectivity index (χ1v) is 12.2. The zero-order chi connectivity index (χ0) is 23.5. The van der Waals surface area contributed by atoms with Crippen LogP contribution in [-0.4, -0.2) is 42.7 Å². The second kappa shape index (κ2) is 9.46. The van der Waals surface area contributed by atoms with Crippen molar-refractivity contribution in [2.45, 2.75) is 63.7 Å². The molecule has 0 bridgehead atoms. The van der Waals surface area contributed by atoms with Crippen molar-refractivity contribution in [2.75, 3.05) is 11.9 Å². The molecule has 1 fully saturated rings. The number of aliphatic hydroxyl groups is 1. The van der Waals surface area contributed by atoms with Gasteiger partial charge in [-0.1, -0.05) is 32.0 Å². The number of rotatable bonds is 10. The van der Waals surface area contributed by atoms with Gasteiger partial charge in [0.2, 0.25) is 0 Å². The highest BCUT2D eigenvalue weighted by Crippen LogP contribution is 2.42. The van der Waals surface area contributed by atoms with Crippen LogP contribution < -0.4 is 14.8 Å². The molecule has 0 saturated heterocycles. The zero-order valence-corrected chi connectivity index (χ0v) is 19.7. The molecule has 174 valence electrons. The highest BCUT2D eigenvalue weighted by molar-refractivity contribution is 7.90. The lowest BCUT2D eigenvalue weighted by atomic mass is 10.0. The van der Waals surface area contributed by atoms with Crippen LogP contribution in [0.5, 0.6) is 5.75 Å². The fourth-order valence-electron chi connectivity index (χ4n) is 3.25. The Morgan fingerprint density at radius 1 is 1.22 bits per heavy atom. The van der Waals surface area contributed by atoms with Crippen molar-refractivity contribution in [3.05, 3.63) is 47.5 Å². The molecule has 1 heterocycles. The normalized spacial score (nSPS) is 15.8. The van der Waals surface area contributed by atoms with Gasteiger partial charge in [-0.2, -0.15) is 8.42 Å². The molecule has 1 saturated carbocycles. The maximum absolute atomic E-state index is 12.9. The lowest BCUT2D eigenvalue weighted by Gasteiger charge is -2.21. The van der Waals surface area contributed by atoms with Gasteiger partial charge < -0.3 is 15.2 Å². The molecule has 9 heteroatoms. The van der Waals surface area contributed by atoms with Crippen LogP contribution in [0.25, 0.3) is 0 Å². The number of carbonyl (C=O) groups is 1. The van der Waals surface area contributed by atoms with E-state index in [4.69, 9.17) is 4.74 Å². The van der Waals surface area contributed by atoms with Gasteiger partial charge in [0.05, 0.1) is 6.10 Å². The molecule has 2 aromatic rings. The molecule has 8 nitrogen and oxygen atoms in total.